The van der Waals surface area contributed by atoms with Crippen LogP contribution in [0.3, 0.4) is 0 Å². The third-order valence-corrected chi connectivity index (χ3v) is 2.84. The zero-order valence-electron chi connectivity index (χ0n) is 10.9. The van der Waals surface area contributed by atoms with Crippen LogP contribution in [-0.2, 0) is 4.74 Å². The second-order valence-corrected chi connectivity index (χ2v) is 4.10. The molecule has 0 aromatic heterocycles. The largest absolute Gasteiger partial charge is 0.377 e. The number of benzene rings is 1. The van der Waals surface area contributed by atoms with Gasteiger partial charge < -0.3 is 10.1 Å². The van der Waals surface area contributed by atoms with E-state index in [1.165, 1.54) is 6.07 Å². The van der Waals surface area contributed by atoms with E-state index in [9.17, 15) is 4.39 Å². The summed E-state index contributed by atoms with van der Waals surface area (Å²) in [4.78, 5) is 0. The lowest BCUT2D eigenvalue weighted by Gasteiger charge is -2.27. The van der Waals surface area contributed by atoms with Crippen LogP contribution in [-0.4, -0.2) is 19.8 Å². The maximum Gasteiger partial charge on any atom is 0.123 e. The first-order chi connectivity index (χ1) is 8.22. The van der Waals surface area contributed by atoms with Crippen molar-refractivity contribution in [1.82, 2.24) is 5.32 Å². The van der Waals surface area contributed by atoms with E-state index in [-0.39, 0.29) is 18.0 Å². The predicted octanol–water partition coefficient (Wildman–Crippen LogP) is 3.29. The monoisotopic (exact) mass is 239 g/mol. The van der Waals surface area contributed by atoms with E-state index in [2.05, 4.69) is 12.2 Å². The highest BCUT2D eigenvalue weighted by Gasteiger charge is 2.21. The van der Waals surface area contributed by atoms with Crippen molar-refractivity contribution in [3.8, 4) is 0 Å². The Morgan fingerprint density at radius 2 is 2.12 bits per heavy atom. The second-order valence-electron chi connectivity index (χ2n) is 4.10. The van der Waals surface area contributed by atoms with Crippen molar-refractivity contribution in [3.63, 3.8) is 0 Å². The summed E-state index contributed by atoms with van der Waals surface area (Å²) in [7, 11) is 1.89. The summed E-state index contributed by atoms with van der Waals surface area (Å²) >= 11 is 0. The summed E-state index contributed by atoms with van der Waals surface area (Å²) < 4.78 is 19.0. The summed E-state index contributed by atoms with van der Waals surface area (Å²) in [6, 6.07) is 6.76. The van der Waals surface area contributed by atoms with E-state index in [1.807, 2.05) is 20.0 Å². The fraction of sp³-hybridized carbons (Fsp3) is 0.571. The SMILES string of the molecule is CCCC(OCC)C(NC)c1cccc(F)c1. The molecule has 0 bridgehead atoms. The number of nitrogens with one attached hydrogen (secondary N) is 1. The van der Waals surface area contributed by atoms with Crippen molar-refractivity contribution in [2.75, 3.05) is 13.7 Å². The minimum atomic E-state index is -0.200. The van der Waals surface area contributed by atoms with E-state index < -0.39 is 0 Å². The predicted molar refractivity (Wildman–Crippen MR) is 68.5 cm³/mol. The van der Waals surface area contributed by atoms with Crippen LogP contribution in [0.4, 0.5) is 4.39 Å². The second kappa shape index (κ2) is 7.41. The molecule has 2 nitrogen and oxygen atoms in total. The van der Waals surface area contributed by atoms with Crippen LogP contribution in [0.2, 0.25) is 0 Å². The minimum Gasteiger partial charge on any atom is -0.377 e. The summed E-state index contributed by atoms with van der Waals surface area (Å²) in [5.41, 5.74) is 0.944. The van der Waals surface area contributed by atoms with Gasteiger partial charge in [-0.25, -0.2) is 4.39 Å². The highest BCUT2D eigenvalue weighted by atomic mass is 19.1. The molecule has 2 unspecified atom stereocenters. The Bertz CT molecular complexity index is 324. The standard InChI is InChI=1S/C14H22FNO/c1-4-7-13(17-5-2)14(16-3)11-8-6-9-12(15)10-11/h6,8-10,13-14,16H,4-5,7H2,1-3H3. The van der Waals surface area contributed by atoms with Crippen LogP contribution in [0.1, 0.15) is 38.3 Å². The van der Waals surface area contributed by atoms with E-state index in [0.29, 0.717) is 6.61 Å². The van der Waals surface area contributed by atoms with Gasteiger partial charge >= 0.3 is 0 Å². The van der Waals surface area contributed by atoms with E-state index in [0.717, 1.165) is 18.4 Å². The molecule has 0 saturated carbocycles. The van der Waals surface area contributed by atoms with Gasteiger partial charge in [-0.05, 0) is 38.1 Å². The zero-order valence-corrected chi connectivity index (χ0v) is 10.9. The maximum atomic E-state index is 13.2. The molecule has 0 radical (unpaired) electrons. The number of hydrogen-bond donors (Lipinski definition) is 1. The van der Waals surface area contributed by atoms with Crippen molar-refractivity contribution in [1.29, 1.82) is 0 Å². The molecule has 0 fully saturated rings. The molecule has 0 heterocycles. The Balaban J connectivity index is 2.87. The molecule has 0 aliphatic carbocycles. The Morgan fingerprint density at radius 1 is 1.35 bits per heavy atom. The van der Waals surface area contributed by atoms with Gasteiger partial charge in [0.2, 0.25) is 0 Å². The molecule has 0 saturated heterocycles. The molecule has 1 aromatic carbocycles. The number of likely N-dealkylation sites (N-methyl/N-ethyl adjacent to an activating group) is 1. The summed E-state index contributed by atoms with van der Waals surface area (Å²) in [6.45, 7) is 4.80. The topological polar surface area (TPSA) is 21.3 Å². The fourth-order valence-corrected chi connectivity index (χ4v) is 2.11. The van der Waals surface area contributed by atoms with Crippen molar-refractivity contribution >= 4 is 0 Å². The molecular formula is C14H22FNO. The van der Waals surface area contributed by atoms with Gasteiger partial charge in [0, 0.05) is 6.61 Å². The number of ether oxygens (including phenoxy) is 1. The van der Waals surface area contributed by atoms with Gasteiger partial charge in [-0.1, -0.05) is 25.5 Å². The van der Waals surface area contributed by atoms with Crippen molar-refractivity contribution in [2.45, 2.75) is 38.8 Å². The van der Waals surface area contributed by atoms with Gasteiger partial charge in [0.15, 0.2) is 0 Å². The van der Waals surface area contributed by atoms with Gasteiger partial charge in [0.25, 0.3) is 0 Å². The van der Waals surface area contributed by atoms with Gasteiger partial charge in [-0.2, -0.15) is 0 Å². The third-order valence-electron chi connectivity index (χ3n) is 2.84. The Kier molecular flexibility index (Phi) is 6.16. The van der Waals surface area contributed by atoms with Gasteiger partial charge in [0.05, 0.1) is 12.1 Å². The first kappa shape index (κ1) is 14.1. The summed E-state index contributed by atoms with van der Waals surface area (Å²) in [5, 5.41) is 3.22. The quantitative estimate of drug-likeness (QED) is 0.788. The molecule has 96 valence electrons. The van der Waals surface area contributed by atoms with Crippen LogP contribution >= 0.6 is 0 Å². The molecule has 0 aliphatic rings. The third kappa shape index (κ3) is 4.10. The Labute approximate surface area is 103 Å². The van der Waals surface area contributed by atoms with Crippen LogP contribution in [0.15, 0.2) is 24.3 Å². The van der Waals surface area contributed by atoms with Crippen LogP contribution in [0.25, 0.3) is 0 Å². The molecule has 3 heteroatoms. The molecular weight excluding hydrogens is 217 g/mol. The number of rotatable bonds is 7. The Hall–Kier alpha value is -0.930. The fourth-order valence-electron chi connectivity index (χ4n) is 2.11. The molecule has 0 spiro atoms. The molecule has 2 atom stereocenters. The average Bonchev–Trinajstić information content (AvgIpc) is 2.31. The highest BCUT2D eigenvalue weighted by Crippen LogP contribution is 2.23. The van der Waals surface area contributed by atoms with E-state index in [1.54, 1.807) is 12.1 Å². The van der Waals surface area contributed by atoms with Crippen molar-refractivity contribution in [2.24, 2.45) is 0 Å². The smallest absolute Gasteiger partial charge is 0.123 e. The molecule has 1 N–H and O–H groups in total. The zero-order chi connectivity index (χ0) is 12.7. The molecule has 0 aliphatic heterocycles. The van der Waals surface area contributed by atoms with E-state index in [4.69, 9.17) is 4.74 Å². The number of hydrogen-bond acceptors (Lipinski definition) is 2. The minimum absolute atomic E-state index is 0.0469. The molecule has 1 rings (SSSR count). The first-order valence-corrected chi connectivity index (χ1v) is 6.27. The van der Waals surface area contributed by atoms with Crippen LogP contribution < -0.4 is 5.32 Å². The average molecular weight is 239 g/mol. The van der Waals surface area contributed by atoms with Crippen molar-refractivity contribution in [3.05, 3.63) is 35.6 Å². The lowest BCUT2D eigenvalue weighted by molar-refractivity contribution is 0.0295. The van der Waals surface area contributed by atoms with Gasteiger partial charge in [-0.3, -0.25) is 0 Å². The molecule has 0 amide bonds. The van der Waals surface area contributed by atoms with Gasteiger partial charge in [0.1, 0.15) is 5.82 Å². The summed E-state index contributed by atoms with van der Waals surface area (Å²) in [6.07, 6.45) is 2.12. The Morgan fingerprint density at radius 3 is 2.65 bits per heavy atom. The van der Waals surface area contributed by atoms with Crippen LogP contribution in [0.5, 0.6) is 0 Å². The molecule has 17 heavy (non-hydrogen) atoms. The lowest BCUT2D eigenvalue weighted by Crippen LogP contribution is -2.31. The molecule has 1 aromatic rings. The highest BCUT2D eigenvalue weighted by molar-refractivity contribution is 5.21. The first-order valence-electron chi connectivity index (χ1n) is 6.27. The van der Waals surface area contributed by atoms with Gasteiger partial charge in [-0.15, -0.1) is 0 Å². The number of halogens is 1. The normalized spacial score (nSPS) is 14.6. The lowest BCUT2D eigenvalue weighted by atomic mass is 9.98. The maximum absolute atomic E-state index is 13.2. The van der Waals surface area contributed by atoms with Crippen molar-refractivity contribution < 1.29 is 9.13 Å². The van der Waals surface area contributed by atoms with Crippen LogP contribution in [0, 0.1) is 5.82 Å². The van der Waals surface area contributed by atoms with E-state index >= 15 is 0 Å². The summed E-state index contributed by atoms with van der Waals surface area (Å²) in [5.74, 6) is -0.200.